The molecule has 1 aromatic carbocycles. The van der Waals surface area contributed by atoms with Gasteiger partial charge in [-0.2, -0.15) is 13.2 Å². The highest BCUT2D eigenvalue weighted by molar-refractivity contribution is 5.59. The Kier molecular flexibility index (Phi) is 2.79. The quantitative estimate of drug-likeness (QED) is 0.845. The van der Waals surface area contributed by atoms with Gasteiger partial charge in [0.25, 0.3) is 0 Å². The highest BCUT2D eigenvalue weighted by Gasteiger charge is 2.30. The molecule has 0 saturated heterocycles. The zero-order valence-corrected chi connectivity index (χ0v) is 8.97. The molecule has 2 rings (SSSR count). The third-order valence-electron chi connectivity index (χ3n) is 2.32. The Hall–Kier alpha value is -1.98. The van der Waals surface area contributed by atoms with Gasteiger partial charge >= 0.3 is 6.18 Å². The Morgan fingerprint density at radius 2 is 2.06 bits per heavy atom. The second kappa shape index (κ2) is 4.12. The summed E-state index contributed by atoms with van der Waals surface area (Å²) in [6.07, 6.45) is -1.23. The fraction of sp³-hybridized carbons (Fsp3) is 0.182. The van der Waals surface area contributed by atoms with Gasteiger partial charge < -0.3 is 10.3 Å². The first-order chi connectivity index (χ1) is 7.97. The zero-order chi connectivity index (χ0) is 12.5. The van der Waals surface area contributed by atoms with E-state index in [4.69, 9.17) is 0 Å². The fourth-order valence-corrected chi connectivity index (χ4v) is 1.39. The first-order valence-electron chi connectivity index (χ1n) is 4.91. The number of hydrogen-bond donors (Lipinski definition) is 2. The van der Waals surface area contributed by atoms with E-state index in [0.29, 0.717) is 11.6 Å². The number of H-pyrrole nitrogens is 1. The first-order valence-corrected chi connectivity index (χ1v) is 4.91. The number of nitrogens with zero attached hydrogens (tertiary/aromatic N) is 1. The maximum atomic E-state index is 12.5. The van der Waals surface area contributed by atoms with Crippen molar-refractivity contribution in [2.24, 2.45) is 0 Å². The summed E-state index contributed by atoms with van der Waals surface area (Å²) in [6.45, 7) is 1.73. The normalized spacial score (nSPS) is 11.5. The molecule has 0 amide bonds. The van der Waals surface area contributed by atoms with Crippen LogP contribution in [-0.2, 0) is 6.18 Å². The smallest absolute Gasteiger partial charge is 0.331 e. The Morgan fingerprint density at radius 1 is 1.29 bits per heavy atom. The van der Waals surface area contributed by atoms with Gasteiger partial charge in [-0.3, -0.25) is 0 Å². The number of hydrogen-bond acceptors (Lipinski definition) is 2. The Bertz CT molecular complexity index is 503. The van der Waals surface area contributed by atoms with Crippen LogP contribution >= 0.6 is 0 Å². The minimum atomic E-state index is -4.34. The van der Waals surface area contributed by atoms with Gasteiger partial charge in [0.15, 0.2) is 0 Å². The lowest BCUT2D eigenvalue weighted by Crippen LogP contribution is -2.06. The molecule has 17 heavy (non-hydrogen) atoms. The SMILES string of the molecule is Cc1ccc(C(F)(F)F)cc1Nc1ncc[nH]1. The summed E-state index contributed by atoms with van der Waals surface area (Å²) in [7, 11) is 0. The van der Waals surface area contributed by atoms with E-state index in [1.165, 1.54) is 12.3 Å². The third kappa shape index (κ3) is 2.58. The maximum absolute atomic E-state index is 12.5. The molecule has 0 bridgehead atoms. The van der Waals surface area contributed by atoms with Crippen LogP contribution in [0.5, 0.6) is 0 Å². The summed E-state index contributed by atoms with van der Waals surface area (Å²) in [5, 5.41) is 2.80. The van der Waals surface area contributed by atoms with E-state index in [9.17, 15) is 13.2 Å². The number of aromatic amines is 1. The molecule has 0 aliphatic carbocycles. The van der Waals surface area contributed by atoms with Gasteiger partial charge in [0.1, 0.15) is 0 Å². The highest BCUT2D eigenvalue weighted by atomic mass is 19.4. The van der Waals surface area contributed by atoms with Crippen LogP contribution < -0.4 is 5.32 Å². The van der Waals surface area contributed by atoms with Crippen molar-refractivity contribution >= 4 is 11.6 Å². The summed E-state index contributed by atoms with van der Waals surface area (Å²) in [5.41, 5.74) is 0.418. The van der Waals surface area contributed by atoms with E-state index >= 15 is 0 Å². The average Bonchev–Trinajstić information content (AvgIpc) is 2.72. The zero-order valence-electron chi connectivity index (χ0n) is 8.97. The van der Waals surface area contributed by atoms with Gasteiger partial charge in [-0.1, -0.05) is 6.07 Å². The van der Waals surface area contributed by atoms with E-state index in [2.05, 4.69) is 15.3 Å². The topological polar surface area (TPSA) is 40.7 Å². The van der Waals surface area contributed by atoms with Crippen molar-refractivity contribution in [3.8, 4) is 0 Å². The molecule has 2 N–H and O–H groups in total. The van der Waals surface area contributed by atoms with Crippen molar-refractivity contribution in [1.29, 1.82) is 0 Å². The molecule has 6 heteroatoms. The predicted molar refractivity (Wildman–Crippen MR) is 58.1 cm³/mol. The van der Waals surface area contributed by atoms with Crippen LogP contribution in [0, 0.1) is 6.92 Å². The summed E-state index contributed by atoms with van der Waals surface area (Å²) in [5.74, 6) is 0.410. The second-order valence-electron chi connectivity index (χ2n) is 3.59. The van der Waals surface area contributed by atoms with Crippen LogP contribution in [-0.4, -0.2) is 9.97 Å². The summed E-state index contributed by atoms with van der Waals surface area (Å²) < 4.78 is 37.6. The van der Waals surface area contributed by atoms with E-state index in [1.807, 2.05) is 0 Å². The molecule has 1 aromatic heterocycles. The summed E-state index contributed by atoms with van der Waals surface area (Å²) >= 11 is 0. The monoisotopic (exact) mass is 241 g/mol. The second-order valence-corrected chi connectivity index (χ2v) is 3.59. The standard InChI is InChI=1S/C11H10F3N3/c1-7-2-3-8(11(12,13)14)6-9(7)17-10-15-4-5-16-10/h2-6H,1H3,(H2,15,16,17). The molecule has 0 aliphatic heterocycles. The van der Waals surface area contributed by atoms with Crippen LogP contribution in [0.4, 0.5) is 24.8 Å². The number of aromatic nitrogens is 2. The molecular formula is C11H10F3N3. The molecule has 0 spiro atoms. The van der Waals surface area contributed by atoms with Gasteiger partial charge in [0.05, 0.1) is 5.56 Å². The van der Waals surface area contributed by atoms with Crippen LogP contribution in [0.25, 0.3) is 0 Å². The molecule has 0 unspecified atom stereocenters. The van der Waals surface area contributed by atoms with Crippen LogP contribution in [0.15, 0.2) is 30.6 Å². The van der Waals surface area contributed by atoms with Gasteiger partial charge in [-0.05, 0) is 24.6 Å². The number of imidazole rings is 1. The number of aryl methyl sites for hydroxylation is 1. The van der Waals surface area contributed by atoms with Crippen molar-refractivity contribution < 1.29 is 13.2 Å². The summed E-state index contributed by atoms with van der Waals surface area (Å²) in [6, 6.07) is 3.55. The number of halogens is 3. The molecular weight excluding hydrogens is 231 g/mol. The first kappa shape index (κ1) is 11.5. The number of alkyl halides is 3. The summed E-state index contributed by atoms with van der Waals surface area (Å²) in [4.78, 5) is 6.66. The lowest BCUT2D eigenvalue weighted by atomic mass is 10.1. The molecule has 0 aliphatic rings. The predicted octanol–water partition coefficient (Wildman–Crippen LogP) is 3.48. The highest BCUT2D eigenvalue weighted by Crippen LogP contribution is 2.32. The third-order valence-corrected chi connectivity index (χ3v) is 2.32. The van der Waals surface area contributed by atoms with E-state index < -0.39 is 11.7 Å². The number of benzene rings is 1. The fourth-order valence-electron chi connectivity index (χ4n) is 1.39. The molecule has 90 valence electrons. The van der Waals surface area contributed by atoms with Gasteiger partial charge in [-0.25, -0.2) is 4.98 Å². The van der Waals surface area contributed by atoms with Crippen LogP contribution in [0.1, 0.15) is 11.1 Å². The molecule has 0 fully saturated rings. The van der Waals surface area contributed by atoms with E-state index in [1.54, 1.807) is 13.1 Å². The van der Waals surface area contributed by atoms with E-state index in [0.717, 1.165) is 17.7 Å². The molecule has 2 aromatic rings. The Balaban J connectivity index is 2.33. The minimum absolute atomic E-state index is 0.384. The Morgan fingerprint density at radius 3 is 2.65 bits per heavy atom. The van der Waals surface area contributed by atoms with Crippen molar-refractivity contribution in [2.45, 2.75) is 13.1 Å². The Labute approximate surface area is 95.7 Å². The minimum Gasteiger partial charge on any atom is -0.331 e. The molecule has 0 atom stereocenters. The van der Waals surface area contributed by atoms with Crippen LogP contribution in [0.3, 0.4) is 0 Å². The number of anilines is 2. The van der Waals surface area contributed by atoms with Crippen LogP contribution in [0.2, 0.25) is 0 Å². The average molecular weight is 241 g/mol. The van der Waals surface area contributed by atoms with Crippen molar-refractivity contribution in [1.82, 2.24) is 9.97 Å². The van der Waals surface area contributed by atoms with Gasteiger partial charge in [-0.15, -0.1) is 0 Å². The maximum Gasteiger partial charge on any atom is 0.416 e. The number of rotatable bonds is 2. The molecule has 1 heterocycles. The van der Waals surface area contributed by atoms with Crippen molar-refractivity contribution in [3.63, 3.8) is 0 Å². The number of nitrogens with one attached hydrogen (secondary N) is 2. The van der Waals surface area contributed by atoms with Crippen molar-refractivity contribution in [3.05, 3.63) is 41.7 Å². The van der Waals surface area contributed by atoms with Gasteiger partial charge in [0, 0.05) is 18.1 Å². The molecule has 0 saturated carbocycles. The lowest BCUT2D eigenvalue weighted by molar-refractivity contribution is -0.137. The lowest BCUT2D eigenvalue weighted by Gasteiger charge is -2.11. The van der Waals surface area contributed by atoms with Gasteiger partial charge in [0.2, 0.25) is 5.95 Å². The van der Waals surface area contributed by atoms with Crippen molar-refractivity contribution in [2.75, 3.05) is 5.32 Å². The molecule has 0 radical (unpaired) electrons. The molecule has 3 nitrogen and oxygen atoms in total. The largest absolute Gasteiger partial charge is 0.416 e. The van der Waals surface area contributed by atoms with E-state index in [-0.39, 0.29) is 0 Å².